The monoisotopic (exact) mass is 299 g/mol. The van der Waals surface area contributed by atoms with Gasteiger partial charge in [0.15, 0.2) is 0 Å². The highest BCUT2D eigenvalue weighted by Gasteiger charge is 2.33. The van der Waals surface area contributed by atoms with Crippen LogP contribution in [0.15, 0.2) is 30.3 Å². The normalized spacial score (nSPS) is 13.7. The number of rotatable bonds is 3. The van der Waals surface area contributed by atoms with E-state index < -0.39 is 27.8 Å². The van der Waals surface area contributed by atoms with Crippen LogP contribution in [-0.4, -0.2) is 30.7 Å². The molecule has 6 heteroatoms. The molecule has 0 unspecified atom stereocenters. The van der Waals surface area contributed by atoms with Gasteiger partial charge in [0, 0.05) is 0 Å². The number of hydrogen-bond acceptors (Lipinski definition) is 4. The lowest BCUT2D eigenvalue weighted by atomic mass is 10.1. The summed E-state index contributed by atoms with van der Waals surface area (Å²) in [5.41, 5.74) is -0.0278. The number of ether oxygens (including phenoxy) is 1. The molecule has 0 saturated carbocycles. The Kier molecular flexibility index (Phi) is 4.81. The van der Waals surface area contributed by atoms with Crippen LogP contribution in [-0.2, 0) is 14.8 Å². The van der Waals surface area contributed by atoms with Crippen molar-refractivity contribution in [3.63, 3.8) is 0 Å². The summed E-state index contributed by atoms with van der Waals surface area (Å²) in [5, 5.41) is 0. The van der Waals surface area contributed by atoms with Crippen molar-refractivity contribution in [1.82, 2.24) is 4.31 Å². The van der Waals surface area contributed by atoms with Crippen LogP contribution in [0, 0.1) is 0 Å². The summed E-state index contributed by atoms with van der Waals surface area (Å²) in [7, 11) is -3.73. The van der Waals surface area contributed by atoms with E-state index in [1.54, 1.807) is 52.0 Å². The number of carbonyl (C=O) groups is 1. The zero-order valence-electron chi connectivity index (χ0n) is 12.5. The van der Waals surface area contributed by atoms with Crippen LogP contribution in [0.4, 0.5) is 4.79 Å². The van der Waals surface area contributed by atoms with Crippen molar-refractivity contribution in [2.45, 2.75) is 39.3 Å². The fraction of sp³-hybridized carbons (Fsp3) is 0.500. The maximum absolute atomic E-state index is 12.1. The Morgan fingerprint density at radius 3 is 2.10 bits per heavy atom. The van der Waals surface area contributed by atoms with E-state index >= 15 is 0 Å². The first-order valence-corrected chi connectivity index (χ1v) is 8.14. The molecular formula is C14H21NO4S. The van der Waals surface area contributed by atoms with Crippen molar-refractivity contribution >= 4 is 16.1 Å². The predicted molar refractivity (Wildman–Crippen MR) is 77.8 cm³/mol. The molecule has 0 aliphatic rings. The minimum atomic E-state index is -3.73. The molecule has 0 radical (unpaired) electrons. The third-order valence-electron chi connectivity index (χ3n) is 2.56. The Labute approximate surface area is 120 Å². The van der Waals surface area contributed by atoms with Crippen molar-refractivity contribution < 1.29 is 17.9 Å². The molecule has 1 amide bonds. The molecule has 1 aromatic carbocycles. The van der Waals surface area contributed by atoms with Crippen LogP contribution < -0.4 is 0 Å². The minimum absolute atomic E-state index is 0.624. The average Bonchev–Trinajstić information content (AvgIpc) is 2.25. The summed E-state index contributed by atoms with van der Waals surface area (Å²) >= 11 is 0. The van der Waals surface area contributed by atoms with Gasteiger partial charge in [-0.25, -0.2) is 13.2 Å². The molecule has 0 bridgehead atoms. The summed E-state index contributed by atoms with van der Waals surface area (Å²) in [4.78, 5) is 12.1. The van der Waals surface area contributed by atoms with Gasteiger partial charge >= 0.3 is 6.09 Å². The number of carbonyl (C=O) groups excluding carboxylic acids is 1. The molecule has 1 rings (SSSR count). The topological polar surface area (TPSA) is 63.7 Å². The summed E-state index contributed by atoms with van der Waals surface area (Å²) in [5.74, 6) is 0. The molecule has 0 saturated heterocycles. The third kappa shape index (κ3) is 4.52. The third-order valence-corrected chi connectivity index (χ3v) is 3.74. The number of sulfonamides is 1. The molecule has 0 heterocycles. The van der Waals surface area contributed by atoms with E-state index in [1.165, 1.54) is 0 Å². The van der Waals surface area contributed by atoms with Crippen LogP contribution in [0.2, 0.25) is 0 Å². The Morgan fingerprint density at radius 2 is 1.70 bits per heavy atom. The first kappa shape index (κ1) is 16.5. The number of amides is 1. The molecule has 0 aromatic heterocycles. The Hall–Kier alpha value is -1.56. The standard InChI is InChI=1S/C14H21NO4S/c1-11(12-9-7-6-8-10-12)15(20(5,17)18)13(16)19-14(2,3)4/h6-11H,1-5H3/t11-/m0/s1. The maximum atomic E-state index is 12.1. The Balaban J connectivity index is 3.12. The van der Waals surface area contributed by atoms with Crippen LogP contribution in [0.5, 0.6) is 0 Å². The summed E-state index contributed by atoms with van der Waals surface area (Å²) < 4.78 is 29.7. The number of benzene rings is 1. The van der Waals surface area contributed by atoms with Gasteiger partial charge in [-0.15, -0.1) is 0 Å². The zero-order valence-corrected chi connectivity index (χ0v) is 13.3. The van der Waals surface area contributed by atoms with E-state index in [9.17, 15) is 13.2 Å². The van der Waals surface area contributed by atoms with Crippen molar-refractivity contribution in [3.8, 4) is 0 Å². The molecule has 0 spiro atoms. The van der Waals surface area contributed by atoms with Gasteiger partial charge in [0.25, 0.3) is 0 Å². The highest BCUT2D eigenvalue weighted by molar-refractivity contribution is 7.88. The summed E-state index contributed by atoms with van der Waals surface area (Å²) in [6, 6.07) is 8.33. The molecule has 0 fully saturated rings. The van der Waals surface area contributed by atoms with Crippen LogP contribution in [0.25, 0.3) is 0 Å². The van der Waals surface area contributed by atoms with Crippen LogP contribution in [0.1, 0.15) is 39.3 Å². The number of nitrogens with zero attached hydrogens (tertiary/aromatic N) is 1. The van der Waals surface area contributed by atoms with Crippen molar-refractivity contribution in [3.05, 3.63) is 35.9 Å². The van der Waals surface area contributed by atoms with E-state index in [2.05, 4.69) is 0 Å². The van der Waals surface area contributed by atoms with Gasteiger partial charge in [0.05, 0.1) is 12.3 Å². The second-order valence-electron chi connectivity index (χ2n) is 5.63. The van der Waals surface area contributed by atoms with Crippen molar-refractivity contribution in [1.29, 1.82) is 0 Å². The quantitative estimate of drug-likeness (QED) is 0.861. The van der Waals surface area contributed by atoms with Gasteiger partial charge in [0.2, 0.25) is 10.0 Å². The fourth-order valence-electron chi connectivity index (χ4n) is 1.75. The molecule has 0 aliphatic carbocycles. The lowest BCUT2D eigenvalue weighted by molar-refractivity contribution is 0.0347. The first-order chi connectivity index (χ1) is 9.02. The van der Waals surface area contributed by atoms with Gasteiger partial charge < -0.3 is 4.74 Å². The van der Waals surface area contributed by atoms with E-state index in [0.717, 1.165) is 16.1 Å². The zero-order chi connectivity index (χ0) is 15.6. The smallest absolute Gasteiger partial charge is 0.424 e. The molecule has 0 aliphatic heterocycles. The van der Waals surface area contributed by atoms with Crippen molar-refractivity contribution in [2.75, 3.05) is 6.26 Å². The second kappa shape index (κ2) is 5.83. The highest BCUT2D eigenvalue weighted by Crippen LogP contribution is 2.25. The fourth-order valence-corrected chi connectivity index (χ4v) is 2.76. The summed E-state index contributed by atoms with van der Waals surface area (Å²) in [6.45, 7) is 6.73. The average molecular weight is 299 g/mol. The SMILES string of the molecule is C[C@@H](c1ccccc1)N(C(=O)OC(C)(C)C)S(C)(=O)=O. The molecule has 5 nitrogen and oxygen atoms in total. The molecule has 0 N–H and O–H groups in total. The van der Waals surface area contributed by atoms with E-state index in [0.29, 0.717) is 0 Å². The van der Waals surface area contributed by atoms with Gasteiger partial charge in [-0.2, -0.15) is 4.31 Å². The molecule has 1 aromatic rings. The Morgan fingerprint density at radius 1 is 1.20 bits per heavy atom. The van der Waals surface area contributed by atoms with Gasteiger partial charge in [-0.1, -0.05) is 30.3 Å². The van der Waals surface area contributed by atoms with E-state index in [-0.39, 0.29) is 0 Å². The maximum Gasteiger partial charge on any atom is 0.424 e. The first-order valence-electron chi connectivity index (χ1n) is 6.30. The van der Waals surface area contributed by atoms with Crippen LogP contribution >= 0.6 is 0 Å². The molecule has 1 atom stereocenters. The molecule has 20 heavy (non-hydrogen) atoms. The van der Waals surface area contributed by atoms with Gasteiger partial charge in [-0.05, 0) is 33.3 Å². The minimum Gasteiger partial charge on any atom is -0.443 e. The Bertz CT molecular complexity index is 561. The largest absolute Gasteiger partial charge is 0.443 e. The molecular weight excluding hydrogens is 278 g/mol. The molecule has 112 valence electrons. The van der Waals surface area contributed by atoms with Gasteiger partial charge in [-0.3, -0.25) is 0 Å². The second-order valence-corrected chi connectivity index (χ2v) is 7.49. The van der Waals surface area contributed by atoms with Gasteiger partial charge in [0.1, 0.15) is 5.60 Å². The van der Waals surface area contributed by atoms with Crippen LogP contribution in [0.3, 0.4) is 0 Å². The predicted octanol–water partition coefficient (Wildman–Crippen LogP) is 2.94. The highest BCUT2D eigenvalue weighted by atomic mass is 32.2. The van der Waals surface area contributed by atoms with E-state index in [1.807, 2.05) is 6.07 Å². The van der Waals surface area contributed by atoms with E-state index in [4.69, 9.17) is 4.74 Å². The van der Waals surface area contributed by atoms with Crippen molar-refractivity contribution in [2.24, 2.45) is 0 Å². The summed E-state index contributed by atoms with van der Waals surface area (Å²) in [6.07, 6.45) is 0.132. The number of hydrogen-bond donors (Lipinski definition) is 0. The lowest BCUT2D eigenvalue weighted by Crippen LogP contribution is -2.41. The lowest BCUT2D eigenvalue weighted by Gasteiger charge is -2.30.